The van der Waals surface area contributed by atoms with E-state index < -0.39 is 7.14 Å². The number of hydrogen-bond donors (Lipinski definition) is 1. The Morgan fingerprint density at radius 1 is 0.773 bits per heavy atom. The van der Waals surface area contributed by atoms with E-state index in [-0.39, 0.29) is 5.75 Å². The summed E-state index contributed by atoms with van der Waals surface area (Å²) in [6.07, 6.45) is 0. The maximum Gasteiger partial charge on any atom is 0.174 e. The van der Waals surface area contributed by atoms with Crippen molar-refractivity contribution in [1.29, 1.82) is 0 Å². The van der Waals surface area contributed by atoms with E-state index in [0.29, 0.717) is 5.30 Å². The zero-order valence-corrected chi connectivity index (χ0v) is 13.2. The number of hydrogen-bond acceptors (Lipinski definition) is 2. The second-order valence-electron chi connectivity index (χ2n) is 5.27. The fourth-order valence-corrected chi connectivity index (χ4v) is 5.41. The standard InChI is InChI=1S/C19H17O2P/c1-15-12-13-18(20)19(14-15)22(21,16-8-4-2-5-9-16)17-10-6-3-7-11-17/h2-14,20H,1H3. The Labute approximate surface area is 130 Å². The minimum atomic E-state index is -3.09. The highest BCUT2D eigenvalue weighted by molar-refractivity contribution is 7.85. The van der Waals surface area contributed by atoms with Crippen molar-refractivity contribution in [3.8, 4) is 5.75 Å². The molecule has 0 bridgehead atoms. The fraction of sp³-hybridized carbons (Fsp3) is 0.0526. The van der Waals surface area contributed by atoms with Gasteiger partial charge in [-0.3, -0.25) is 0 Å². The molecule has 0 amide bonds. The highest BCUT2D eigenvalue weighted by atomic mass is 31.2. The Morgan fingerprint density at radius 2 is 1.27 bits per heavy atom. The number of phenolic OH excluding ortho intramolecular Hbond substituents is 1. The normalized spacial score (nSPS) is 11.3. The predicted molar refractivity (Wildman–Crippen MR) is 92.2 cm³/mol. The zero-order valence-electron chi connectivity index (χ0n) is 12.3. The van der Waals surface area contributed by atoms with Crippen LogP contribution in [0.3, 0.4) is 0 Å². The summed E-state index contributed by atoms with van der Waals surface area (Å²) >= 11 is 0. The van der Waals surface area contributed by atoms with E-state index in [1.807, 2.05) is 79.7 Å². The summed E-state index contributed by atoms with van der Waals surface area (Å²) in [5.74, 6) is 0.0710. The van der Waals surface area contributed by atoms with E-state index in [4.69, 9.17) is 0 Å². The van der Waals surface area contributed by atoms with Gasteiger partial charge in [-0.15, -0.1) is 0 Å². The van der Waals surface area contributed by atoms with E-state index in [1.54, 1.807) is 6.07 Å². The van der Waals surface area contributed by atoms with Crippen LogP contribution in [-0.4, -0.2) is 5.11 Å². The lowest BCUT2D eigenvalue weighted by Gasteiger charge is -2.21. The van der Waals surface area contributed by atoms with E-state index in [2.05, 4.69) is 0 Å². The first-order valence-corrected chi connectivity index (χ1v) is 8.84. The third kappa shape index (κ3) is 2.47. The number of benzene rings is 3. The Morgan fingerprint density at radius 3 is 1.77 bits per heavy atom. The smallest absolute Gasteiger partial charge is 0.174 e. The molecule has 0 unspecified atom stereocenters. The predicted octanol–water partition coefficient (Wildman–Crippen LogP) is 3.34. The molecule has 3 aromatic carbocycles. The number of rotatable bonds is 3. The molecule has 0 aliphatic heterocycles. The van der Waals surface area contributed by atoms with Gasteiger partial charge in [-0.05, 0) is 19.1 Å². The number of phenols is 1. The van der Waals surface area contributed by atoms with Crippen LogP contribution in [0.5, 0.6) is 5.75 Å². The summed E-state index contributed by atoms with van der Waals surface area (Å²) < 4.78 is 14.0. The molecule has 0 aliphatic carbocycles. The number of aryl methyl sites for hydroxylation is 1. The van der Waals surface area contributed by atoms with E-state index in [1.165, 1.54) is 0 Å². The van der Waals surface area contributed by atoms with E-state index in [0.717, 1.165) is 16.2 Å². The summed E-state index contributed by atoms with van der Waals surface area (Å²) in [4.78, 5) is 0. The molecule has 0 fully saturated rings. The SMILES string of the molecule is Cc1ccc(O)c(P(=O)(c2ccccc2)c2ccccc2)c1. The molecule has 2 nitrogen and oxygen atoms in total. The van der Waals surface area contributed by atoms with E-state index in [9.17, 15) is 9.67 Å². The summed E-state index contributed by atoms with van der Waals surface area (Å²) in [5, 5.41) is 12.3. The summed E-state index contributed by atoms with van der Waals surface area (Å²) in [7, 11) is -3.09. The summed E-state index contributed by atoms with van der Waals surface area (Å²) in [6.45, 7) is 1.93. The lowest BCUT2D eigenvalue weighted by atomic mass is 10.2. The monoisotopic (exact) mass is 308 g/mol. The van der Waals surface area contributed by atoms with Gasteiger partial charge in [-0.2, -0.15) is 0 Å². The molecule has 3 aromatic rings. The lowest BCUT2D eigenvalue weighted by molar-refractivity contribution is 0.479. The molecule has 110 valence electrons. The maximum atomic E-state index is 14.0. The summed E-state index contributed by atoms with van der Waals surface area (Å²) in [6, 6.07) is 24.0. The van der Waals surface area contributed by atoms with Gasteiger partial charge in [0.2, 0.25) is 0 Å². The Balaban J connectivity index is 2.34. The highest BCUT2D eigenvalue weighted by Crippen LogP contribution is 2.44. The van der Waals surface area contributed by atoms with Crippen LogP contribution in [0.4, 0.5) is 0 Å². The van der Waals surface area contributed by atoms with Gasteiger partial charge >= 0.3 is 0 Å². The largest absolute Gasteiger partial charge is 0.507 e. The molecule has 0 aliphatic rings. The third-order valence-corrected chi connectivity index (χ3v) is 6.80. The summed E-state index contributed by atoms with van der Waals surface area (Å²) in [5.41, 5.74) is 0.972. The van der Waals surface area contributed by atoms with Crippen molar-refractivity contribution in [1.82, 2.24) is 0 Å². The second-order valence-corrected chi connectivity index (χ2v) is 8.01. The number of aromatic hydroxyl groups is 1. The van der Waals surface area contributed by atoms with Gasteiger partial charge in [0, 0.05) is 10.6 Å². The molecule has 0 saturated carbocycles. The lowest BCUT2D eigenvalue weighted by Crippen LogP contribution is -2.25. The van der Waals surface area contributed by atoms with Crippen molar-refractivity contribution in [2.75, 3.05) is 0 Å². The molecule has 3 heteroatoms. The molecule has 0 spiro atoms. The van der Waals surface area contributed by atoms with Crippen LogP contribution in [0.25, 0.3) is 0 Å². The average molecular weight is 308 g/mol. The van der Waals surface area contributed by atoms with Crippen LogP contribution in [-0.2, 0) is 4.57 Å². The van der Waals surface area contributed by atoms with Crippen LogP contribution in [0, 0.1) is 6.92 Å². The quantitative estimate of drug-likeness (QED) is 0.754. The van der Waals surface area contributed by atoms with E-state index >= 15 is 0 Å². The molecule has 0 heterocycles. The molecule has 1 N–H and O–H groups in total. The molecule has 0 radical (unpaired) electrons. The second kappa shape index (κ2) is 5.82. The third-order valence-electron chi connectivity index (χ3n) is 3.71. The molecular formula is C19H17O2P. The Kier molecular flexibility index (Phi) is 3.87. The highest BCUT2D eigenvalue weighted by Gasteiger charge is 2.32. The van der Waals surface area contributed by atoms with Crippen molar-refractivity contribution in [2.45, 2.75) is 6.92 Å². The first-order chi connectivity index (χ1) is 10.6. The fourth-order valence-electron chi connectivity index (χ4n) is 2.59. The zero-order chi connectivity index (χ0) is 15.6. The maximum absolute atomic E-state index is 14.0. The molecule has 22 heavy (non-hydrogen) atoms. The molecule has 0 atom stereocenters. The molecular weight excluding hydrogens is 291 g/mol. The van der Waals surface area contributed by atoms with Crippen LogP contribution in [0.15, 0.2) is 78.9 Å². The first kappa shape index (κ1) is 14.6. The van der Waals surface area contributed by atoms with Crippen LogP contribution >= 0.6 is 7.14 Å². The molecule has 3 rings (SSSR count). The van der Waals surface area contributed by atoms with Crippen molar-refractivity contribution < 1.29 is 9.67 Å². The van der Waals surface area contributed by atoms with Crippen LogP contribution < -0.4 is 15.9 Å². The first-order valence-electron chi connectivity index (χ1n) is 7.14. The van der Waals surface area contributed by atoms with Crippen molar-refractivity contribution in [3.05, 3.63) is 84.4 Å². The van der Waals surface area contributed by atoms with Crippen molar-refractivity contribution in [3.63, 3.8) is 0 Å². The minimum absolute atomic E-state index is 0.0710. The van der Waals surface area contributed by atoms with Crippen molar-refractivity contribution in [2.24, 2.45) is 0 Å². The van der Waals surface area contributed by atoms with Gasteiger partial charge < -0.3 is 9.67 Å². The van der Waals surface area contributed by atoms with Gasteiger partial charge in [0.25, 0.3) is 0 Å². The van der Waals surface area contributed by atoms with Gasteiger partial charge in [0.05, 0.1) is 5.30 Å². The molecule has 0 aromatic heterocycles. The average Bonchev–Trinajstić information content (AvgIpc) is 2.58. The van der Waals surface area contributed by atoms with Gasteiger partial charge in [-0.1, -0.05) is 72.3 Å². The molecule has 0 saturated heterocycles. The minimum Gasteiger partial charge on any atom is -0.507 e. The van der Waals surface area contributed by atoms with Gasteiger partial charge in [0.15, 0.2) is 7.14 Å². The Bertz CT molecular complexity index is 783. The topological polar surface area (TPSA) is 37.3 Å². The van der Waals surface area contributed by atoms with Gasteiger partial charge in [-0.25, -0.2) is 0 Å². The van der Waals surface area contributed by atoms with Crippen LogP contribution in [0.2, 0.25) is 0 Å². The van der Waals surface area contributed by atoms with Gasteiger partial charge in [0.1, 0.15) is 5.75 Å². The Hall–Kier alpha value is -2.31. The van der Waals surface area contributed by atoms with Crippen LogP contribution in [0.1, 0.15) is 5.56 Å². The van der Waals surface area contributed by atoms with Crippen molar-refractivity contribution >= 4 is 23.1 Å².